The van der Waals surface area contributed by atoms with E-state index in [-0.39, 0.29) is 11.7 Å². The Labute approximate surface area is 119 Å². The Bertz CT molecular complexity index is 539. The summed E-state index contributed by atoms with van der Waals surface area (Å²) in [5, 5.41) is 20.6. The predicted octanol–water partition coefficient (Wildman–Crippen LogP) is 3.58. The van der Waals surface area contributed by atoms with Crippen molar-refractivity contribution >= 4 is 0 Å². The first-order valence-electron chi connectivity index (χ1n) is 7.04. The van der Waals surface area contributed by atoms with Crippen molar-refractivity contribution < 1.29 is 10.2 Å². The molecule has 0 saturated carbocycles. The van der Waals surface area contributed by atoms with Gasteiger partial charge >= 0.3 is 0 Å². The van der Waals surface area contributed by atoms with Crippen LogP contribution in [-0.2, 0) is 5.60 Å². The van der Waals surface area contributed by atoms with Crippen LogP contribution in [0.15, 0.2) is 48.7 Å². The van der Waals surface area contributed by atoms with E-state index in [1.165, 1.54) is 0 Å². The lowest BCUT2D eigenvalue weighted by Crippen LogP contribution is -2.33. The van der Waals surface area contributed by atoms with Crippen molar-refractivity contribution in [3.05, 3.63) is 59.9 Å². The second kappa shape index (κ2) is 6.06. The molecule has 3 heteroatoms. The number of hydrogen-bond donors (Lipinski definition) is 2. The Morgan fingerprint density at radius 3 is 2.30 bits per heavy atom. The van der Waals surface area contributed by atoms with Gasteiger partial charge in [0.2, 0.25) is 0 Å². The minimum Gasteiger partial charge on any atom is -0.508 e. The maximum Gasteiger partial charge on any atom is 0.115 e. The van der Waals surface area contributed by atoms with Crippen LogP contribution in [0.25, 0.3) is 0 Å². The molecular weight excluding hydrogens is 250 g/mol. The zero-order valence-electron chi connectivity index (χ0n) is 12.0. The van der Waals surface area contributed by atoms with Crippen LogP contribution in [-0.4, -0.2) is 15.2 Å². The molecular formula is C17H21NO2. The minimum atomic E-state index is -0.975. The zero-order valence-corrected chi connectivity index (χ0v) is 12.0. The summed E-state index contributed by atoms with van der Waals surface area (Å²) < 4.78 is 0. The Hall–Kier alpha value is -1.87. The van der Waals surface area contributed by atoms with Gasteiger partial charge in [-0.15, -0.1) is 0 Å². The van der Waals surface area contributed by atoms with E-state index in [9.17, 15) is 10.2 Å². The second-order valence-corrected chi connectivity index (χ2v) is 5.04. The molecule has 0 saturated heterocycles. The maximum absolute atomic E-state index is 11.2. The topological polar surface area (TPSA) is 53.4 Å². The van der Waals surface area contributed by atoms with Crippen LogP contribution in [0.2, 0.25) is 0 Å². The maximum atomic E-state index is 11.2. The van der Waals surface area contributed by atoms with Crippen molar-refractivity contribution in [1.82, 2.24) is 4.98 Å². The molecule has 1 aromatic heterocycles. The second-order valence-electron chi connectivity index (χ2n) is 5.04. The molecule has 0 radical (unpaired) electrons. The van der Waals surface area contributed by atoms with E-state index in [2.05, 4.69) is 11.9 Å². The smallest absolute Gasteiger partial charge is 0.115 e. The molecule has 0 unspecified atom stereocenters. The van der Waals surface area contributed by atoms with Crippen LogP contribution in [0.4, 0.5) is 0 Å². The molecule has 0 amide bonds. The highest BCUT2D eigenvalue weighted by atomic mass is 16.3. The number of rotatable bonds is 5. The third-order valence-corrected chi connectivity index (χ3v) is 3.94. The number of hydrogen-bond acceptors (Lipinski definition) is 3. The normalized spacial score (nSPS) is 15.6. The van der Waals surface area contributed by atoms with Crippen LogP contribution in [0.5, 0.6) is 5.75 Å². The van der Waals surface area contributed by atoms with E-state index in [1.54, 1.807) is 30.5 Å². The van der Waals surface area contributed by atoms with Crippen molar-refractivity contribution in [1.29, 1.82) is 0 Å². The first-order chi connectivity index (χ1) is 9.61. The van der Waals surface area contributed by atoms with Gasteiger partial charge in [0.15, 0.2) is 0 Å². The van der Waals surface area contributed by atoms with Gasteiger partial charge in [-0.1, -0.05) is 32.0 Å². The van der Waals surface area contributed by atoms with Gasteiger partial charge < -0.3 is 10.2 Å². The SMILES string of the molecule is CC[C@@H](c1ccccn1)[C@](O)(CC)c1ccc(O)cc1. The van der Waals surface area contributed by atoms with Crippen molar-refractivity contribution in [2.75, 3.05) is 0 Å². The molecule has 3 nitrogen and oxygen atoms in total. The first-order valence-corrected chi connectivity index (χ1v) is 7.04. The molecule has 2 rings (SSSR count). The molecule has 0 aliphatic rings. The van der Waals surface area contributed by atoms with Gasteiger partial charge in [-0.25, -0.2) is 0 Å². The number of aromatic nitrogens is 1. The lowest BCUT2D eigenvalue weighted by Gasteiger charge is -2.35. The van der Waals surface area contributed by atoms with E-state index >= 15 is 0 Å². The van der Waals surface area contributed by atoms with E-state index in [0.717, 1.165) is 17.7 Å². The summed E-state index contributed by atoms with van der Waals surface area (Å²) in [6.45, 7) is 4.03. The molecule has 0 fully saturated rings. The lowest BCUT2D eigenvalue weighted by atomic mass is 9.76. The zero-order chi connectivity index (χ0) is 14.6. The molecule has 2 N–H and O–H groups in total. The molecule has 2 atom stereocenters. The number of nitrogens with zero attached hydrogens (tertiary/aromatic N) is 1. The van der Waals surface area contributed by atoms with Gasteiger partial charge in [0.25, 0.3) is 0 Å². The van der Waals surface area contributed by atoms with E-state index < -0.39 is 5.60 Å². The average molecular weight is 271 g/mol. The summed E-state index contributed by atoms with van der Waals surface area (Å²) in [6.07, 6.45) is 3.14. The summed E-state index contributed by atoms with van der Waals surface area (Å²) in [5.41, 5.74) is 0.735. The number of benzene rings is 1. The van der Waals surface area contributed by atoms with Crippen LogP contribution in [0.3, 0.4) is 0 Å². The molecule has 0 spiro atoms. The number of aromatic hydroxyl groups is 1. The Kier molecular flexibility index (Phi) is 4.40. The molecule has 20 heavy (non-hydrogen) atoms. The Morgan fingerprint density at radius 2 is 1.80 bits per heavy atom. The van der Waals surface area contributed by atoms with Crippen LogP contribution in [0, 0.1) is 0 Å². The highest BCUT2D eigenvalue weighted by molar-refractivity contribution is 5.33. The van der Waals surface area contributed by atoms with Crippen molar-refractivity contribution in [3.63, 3.8) is 0 Å². The van der Waals surface area contributed by atoms with Crippen LogP contribution < -0.4 is 0 Å². The summed E-state index contributed by atoms with van der Waals surface area (Å²) in [4.78, 5) is 4.40. The van der Waals surface area contributed by atoms with Gasteiger partial charge in [-0.05, 0) is 42.7 Å². The Morgan fingerprint density at radius 1 is 1.10 bits per heavy atom. The summed E-state index contributed by atoms with van der Waals surface area (Å²) in [7, 11) is 0. The highest BCUT2D eigenvalue weighted by Crippen LogP contribution is 2.41. The summed E-state index contributed by atoms with van der Waals surface area (Å²) in [5.74, 6) is 0.135. The minimum absolute atomic E-state index is 0.0711. The summed E-state index contributed by atoms with van der Waals surface area (Å²) in [6, 6.07) is 12.6. The fourth-order valence-electron chi connectivity index (χ4n) is 2.78. The van der Waals surface area contributed by atoms with Crippen molar-refractivity contribution in [2.45, 2.75) is 38.2 Å². The fraction of sp³-hybridized carbons (Fsp3) is 0.353. The molecule has 0 aliphatic carbocycles. The standard InChI is InChI=1S/C17H21NO2/c1-3-15(16-7-5-6-12-18-16)17(20,4-2)13-8-10-14(19)11-9-13/h5-12,15,19-20H,3-4H2,1-2H3/t15-,17-/m0/s1. The largest absolute Gasteiger partial charge is 0.508 e. The number of pyridine rings is 1. The third-order valence-electron chi connectivity index (χ3n) is 3.94. The molecule has 1 heterocycles. The van der Waals surface area contributed by atoms with Gasteiger partial charge in [-0.2, -0.15) is 0 Å². The number of phenols is 1. The first kappa shape index (κ1) is 14.5. The van der Waals surface area contributed by atoms with Gasteiger partial charge in [0, 0.05) is 17.8 Å². The van der Waals surface area contributed by atoms with Gasteiger partial charge in [-0.3, -0.25) is 4.98 Å². The Balaban J connectivity index is 2.45. The molecule has 0 bridgehead atoms. The molecule has 106 valence electrons. The number of aliphatic hydroxyl groups is 1. The molecule has 1 aromatic carbocycles. The van der Waals surface area contributed by atoms with Crippen molar-refractivity contribution in [2.24, 2.45) is 0 Å². The summed E-state index contributed by atoms with van der Waals surface area (Å²) >= 11 is 0. The third kappa shape index (κ3) is 2.68. The van der Waals surface area contributed by atoms with Gasteiger partial charge in [0.05, 0.1) is 5.60 Å². The highest BCUT2D eigenvalue weighted by Gasteiger charge is 2.37. The lowest BCUT2D eigenvalue weighted by molar-refractivity contribution is 0.000165. The fourth-order valence-corrected chi connectivity index (χ4v) is 2.78. The number of phenolic OH excluding ortho intramolecular Hbond substituents is 1. The quantitative estimate of drug-likeness (QED) is 0.874. The van der Waals surface area contributed by atoms with Crippen LogP contribution in [0.1, 0.15) is 43.9 Å². The molecule has 2 aromatic rings. The predicted molar refractivity (Wildman–Crippen MR) is 79.6 cm³/mol. The molecule has 0 aliphatic heterocycles. The average Bonchev–Trinajstić information content (AvgIpc) is 2.49. The van der Waals surface area contributed by atoms with Crippen molar-refractivity contribution in [3.8, 4) is 5.75 Å². The van der Waals surface area contributed by atoms with E-state index in [0.29, 0.717) is 6.42 Å². The van der Waals surface area contributed by atoms with E-state index in [4.69, 9.17) is 0 Å². The monoisotopic (exact) mass is 271 g/mol. The van der Waals surface area contributed by atoms with E-state index in [1.807, 2.05) is 25.1 Å². The van der Waals surface area contributed by atoms with Gasteiger partial charge in [0.1, 0.15) is 5.75 Å². The van der Waals surface area contributed by atoms with Crippen LogP contribution >= 0.6 is 0 Å².